The minimum atomic E-state index is -0.799. The van der Waals surface area contributed by atoms with Crippen molar-refractivity contribution in [2.75, 3.05) is 14.1 Å². The van der Waals surface area contributed by atoms with Crippen molar-refractivity contribution in [3.63, 3.8) is 0 Å². The van der Waals surface area contributed by atoms with Crippen LogP contribution in [0.15, 0.2) is 0 Å². The highest BCUT2D eigenvalue weighted by atomic mass is 16.2. The van der Waals surface area contributed by atoms with Gasteiger partial charge in [0, 0.05) is 20.5 Å². The Kier molecular flexibility index (Phi) is 4.31. The number of Topliss-reactive ketones (excluding diaryl/α,β-unsaturated/α-hetero) is 2. The molecule has 0 fully saturated rings. The molecule has 4 nitrogen and oxygen atoms in total. The van der Waals surface area contributed by atoms with E-state index in [1.54, 1.807) is 14.1 Å². The van der Waals surface area contributed by atoms with Crippen molar-refractivity contribution in [1.82, 2.24) is 4.90 Å². The van der Waals surface area contributed by atoms with Crippen LogP contribution in [0.5, 0.6) is 0 Å². The van der Waals surface area contributed by atoms with E-state index < -0.39 is 5.92 Å². The van der Waals surface area contributed by atoms with Crippen molar-refractivity contribution in [3.05, 3.63) is 0 Å². The van der Waals surface area contributed by atoms with E-state index in [1.165, 1.54) is 18.7 Å². The standard InChI is InChI=1S/C9H15NO3/c1-6(11)5-8(7(2)12)9(13)10(3)4/h8H,5H2,1-4H3. The van der Waals surface area contributed by atoms with Gasteiger partial charge in [0.2, 0.25) is 5.91 Å². The topological polar surface area (TPSA) is 54.5 Å². The highest BCUT2D eigenvalue weighted by Crippen LogP contribution is 2.08. The number of rotatable bonds is 4. The third-order valence-corrected chi connectivity index (χ3v) is 1.72. The summed E-state index contributed by atoms with van der Waals surface area (Å²) in [6.07, 6.45) is 0.00630. The smallest absolute Gasteiger partial charge is 0.233 e. The molecule has 0 aromatic heterocycles. The van der Waals surface area contributed by atoms with Crippen LogP contribution in [0.25, 0.3) is 0 Å². The molecular weight excluding hydrogens is 170 g/mol. The Morgan fingerprint density at radius 2 is 1.62 bits per heavy atom. The SMILES string of the molecule is CC(=O)CC(C(C)=O)C(=O)N(C)C. The molecule has 0 saturated heterocycles. The van der Waals surface area contributed by atoms with Gasteiger partial charge >= 0.3 is 0 Å². The highest BCUT2D eigenvalue weighted by molar-refractivity contribution is 6.03. The first kappa shape index (κ1) is 11.8. The van der Waals surface area contributed by atoms with E-state index >= 15 is 0 Å². The van der Waals surface area contributed by atoms with Gasteiger partial charge in [0.15, 0.2) is 0 Å². The lowest BCUT2D eigenvalue weighted by molar-refractivity contribution is -0.141. The summed E-state index contributed by atoms with van der Waals surface area (Å²) in [6, 6.07) is 0. The largest absolute Gasteiger partial charge is 0.348 e. The second-order valence-corrected chi connectivity index (χ2v) is 3.30. The third-order valence-electron chi connectivity index (χ3n) is 1.72. The normalized spacial score (nSPS) is 12.0. The van der Waals surface area contributed by atoms with E-state index in [2.05, 4.69) is 0 Å². The Bertz CT molecular complexity index is 233. The predicted octanol–water partition coefficient (Wildman–Crippen LogP) is 0.259. The number of carbonyl (C=O) groups is 3. The summed E-state index contributed by atoms with van der Waals surface area (Å²) < 4.78 is 0. The Balaban J connectivity index is 4.52. The lowest BCUT2D eigenvalue weighted by Gasteiger charge is -2.16. The van der Waals surface area contributed by atoms with Crippen LogP contribution in [0.4, 0.5) is 0 Å². The summed E-state index contributed by atoms with van der Waals surface area (Å²) in [5, 5.41) is 0. The Morgan fingerprint density at radius 3 is 1.85 bits per heavy atom. The molecule has 13 heavy (non-hydrogen) atoms. The molecule has 0 aliphatic heterocycles. The van der Waals surface area contributed by atoms with Crippen LogP contribution in [0.2, 0.25) is 0 Å². The van der Waals surface area contributed by atoms with Gasteiger partial charge in [-0.25, -0.2) is 0 Å². The van der Waals surface area contributed by atoms with Gasteiger partial charge in [-0.2, -0.15) is 0 Å². The number of carbonyl (C=O) groups excluding carboxylic acids is 3. The molecule has 0 spiro atoms. The summed E-state index contributed by atoms with van der Waals surface area (Å²) in [6.45, 7) is 2.70. The number of hydrogen-bond acceptors (Lipinski definition) is 3. The van der Waals surface area contributed by atoms with Crippen LogP contribution >= 0.6 is 0 Å². The lowest BCUT2D eigenvalue weighted by Crippen LogP contribution is -2.34. The molecule has 0 bridgehead atoms. The summed E-state index contributed by atoms with van der Waals surface area (Å²) in [7, 11) is 3.14. The van der Waals surface area contributed by atoms with Crippen LogP contribution < -0.4 is 0 Å². The van der Waals surface area contributed by atoms with Crippen LogP contribution in [-0.4, -0.2) is 36.5 Å². The van der Waals surface area contributed by atoms with Crippen molar-refractivity contribution in [2.24, 2.45) is 5.92 Å². The first-order chi connectivity index (χ1) is 5.86. The molecular formula is C9H15NO3. The van der Waals surface area contributed by atoms with Gasteiger partial charge in [-0.1, -0.05) is 0 Å². The van der Waals surface area contributed by atoms with Crippen LogP contribution in [0.3, 0.4) is 0 Å². The first-order valence-corrected chi connectivity index (χ1v) is 4.07. The zero-order chi connectivity index (χ0) is 10.6. The number of amides is 1. The average molecular weight is 185 g/mol. The molecule has 0 radical (unpaired) electrons. The quantitative estimate of drug-likeness (QED) is 0.590. The summed E-state index contributed by atoms with van der Waals surface area (Å²) in [5.74, 6) is -1.50. The molecule has 0 aromatic rings. The van der Waals surface area contributed by atoms with Crippen molar-refractivity contribution in [1.29, 1.82) is 0 Å². The monoisotopic (exact) mass is 185 g/mol. The van der Waals surface area contributed by atoms with Crippen molar-refractivity contribution >= 4 is 17.5 Å². The molecule has 1 atom stereocenters. The Hall–Kier alpha value is -1.19. The molecule has 0 aliphatic rings. The second kappa shape index (κ2) is 4.74. The summed E-state index contributed by atoms with van der Waals surface area (Å²) in [4.78, 5) is 34.5. The molecule has 1 unspecified atom stereocenters. The van der Waals surface area contributed by atoms with E-state index in [0.717, 1.165) is 0 Å². The van der Waals surface area contributed by atoms with Gasteiger partial charge in [-0.15, -0.1) is 0 Å². The van der Waals surface area contributed by atoms with Crippen LogP contribution in [-0.2, 0) is 14.4 Å². The number of hydrogen-bond donors (Lipinski definition) is 0. The molecule has 0 aromatic carbocycles. The zero-order valence-electron chi connectivity index (χ0n) is 8.46. The summed E-state index contributed by atoms with van der Waals surface area (Å²) in [5.41, 5.74) is 0. The molecule has 1 amide bonds. The number of ketones is 2. The van der Waals surface area contributed by atoms with Gasteiger partial charge in [0.05, 0.1) is 0 Å². The number of nitrogens with zero attached hydrogens (tertiary/aromatic N) is 1. The predicted molar refractivity (Wildman–Crippen MR) is 48.2 cm³/mol. The van der Waals surface area contributed by atoms with E-state index in [4.69, 9.17) is 0 Å². The van der Waals surface area contributed by atoms with E-state index in [-0.39, 0.29) is 23.9 Å². The fourth-order valence-electron chi connectivity index (χ4n) is 1.00. The van der Waals surface area contributed by atoms with Gasteiger partial charge in [0.25, 0.3) is 0 Å². The maximum atomic E-state index is 11.4. The maximum absolute atomic E-state index is 11.4. The van der Waals surface area contributed by atoms with Crippen molar-refractivity contribution < 1.29 is 14.4 Å². The fraction of sp³-hybridized carbons (Fsp3) is 0.667. The molecule has 0 N–H and O–H groups in total. The Morgan fingerprint density at radius 1 is 1.15 bits per heavy atom. The molecule has 74 valence electrons. The zero-order valence-corrected chi connectivity index (χ0v) is 8.46. The van der Waals surface area contributed by atoms with E-state index in [1.807, 2.05) is 0 Å². The van der Waals surface area contributed by atoms with Crippen molar-refractivity contribution in [3.8, 4) is 0 Å². The molecule has 0 rings (SSSR count). The van der Waals surface area contributed by atoms with Gasteiger partial charge in [0.1, 0.15) is 17.5 Å². The average Bonchev–Trinajstić information content (AvgIpc) is 1.97. The van der Waals surface area contributed by atoms with Crippen LogP contribution in [0.1, 0.15) is 20.3 Å². The van der Waals surface area contributed by atoms with Gasteiger partial charge < -0.3 is 4.90 Å². The molecule has 0 heterocycles. The maximum Gasteiger partial charge on any atom is 0.233 e. The Labute approximate surface area is 77.9 Å². The van der Waals surface area contributed by atoms with E-state index in [9.17, 15) is 14.4 Å². The highest BCUT2D eigenvalue weighted by Gasteiger charge is 2.25. The fourth-order valence-corrected chi connectivity index (χ4v) is 1.00. The molecule has 4 heteroatoms. The first-order valence-electron chi connectivity index (χ1n) is 4.07. The second-order valence-electron chi connectivity index (χ2n) is 3.30. The van der Waals surface area contributed by atoms with Crippen LogP contribution in [0, 0.1) is 5.92 Å². The van der Waals surface area contributed by atoms with Gasteiger partial charge in [-0.3, -0.25) is 14.4 Å². The van der Waals surface area contributed by atoms with Crippen molar-refractivity contribution in [2.45, 2.75) is 20.3 Å². The minimum Gasteiger partial charge on any atom is -0.348 e. The third kappa shape index (κ3) is 3.83. The minimum absolute atomic E-state index is 0.00630. The molecule has 0 aliphatic carbocycles. The van der Waals surface area contributed by atoms with E-state index in [0.29, 0.717) is 0 Å². The molecule has 0 saturated carbocycles. The lowest BCUT2D eigenvalue weighted by atomic mass is 9.98. The van der Waals surface area contributed by atoms with Gasteiger partial charge in [-0.05, 0) is 13.8 Å². The summed E-state index contributed by atoms with van der Waals surface area (Å²) >= 11 is 0.